The van der Waals surface area contributed by atoms with Gasteiger partial charge >= 0.3 is 0 Å². The first kappa shape index (κ1) is 22.0. The van der Waals surface area contributed by atoms with Crippen molar-refractivity contribution in [3.05, 3.63) is 54.6 Å². The second kappa shape index (κ2) is 8.99. The number of amides is 1. The molecule has 0 saturated heterocycles. The number of rotatable bonds is 7. The molecule has 0 spiro atoms. The molecule has 1 amide bonds. The summed E-state index contributed by atoms with van der Waals surface area (Å²) in [6, 6.07) is 15.9. The van der Waals surface area contributed by atoms with E-state index in [0.717, 1.165) is 9.87 Å². The molecule has 2 aromatic carbocycles. The minimum absolute atomic E-state index is 0.117. The van der Waals surface area contributed by atoms with Crippen molar-refractivity contribution in [2.24, 2.45) is 7.05 Å². The zero-order chi connectivity index (χ0) is 21.9. The number of hydrogen-bond acceptors (Lipinski definition) is 6. The number of anilines is 1. The predicted octanol–water partition coefficient (Wildman–Crippen LogP) is 2.85. The molecule has 0 aliphatic carbocycles. The summed E-state index contributed by atoms with van der Waals surface area (Å²) in [6.45, 7) is 1.76. The number of hydrogen-bond donors (Lipinski definition) is 1. The Morgan fingerprint density at radius 1 is 1.10 bits per heavy atom. The fourth-order valence-electron chi connectivity index (χ4n) is 2.66. The van der Waals surface area contributed by atoms with Crippen LogP contribution in [-0.2, 0) is 21.9 Å². The van der Waals surface area contributed by atoms with E-state index in [1.807, 2.05) is 41.9 Å². The van der Waals surface area contributed by atoms with Crippen molar-refractivity contribution in [3.63, 3.8) is 0 Å². The van der Waals surface area contributed by atoms with Crippen LogP contribution < -0.4 is 5.32 Å². The molecule has 8 nitrogen and oxygen atoms in total. The lowest BCUT2D eigenvalue weighted by Gasteiger charge is -2.14. The molecule has 3 aromatic rings. The van der Waals surface area contributed by atoms with Gasteiger partial charge in [0.15, 0.2) is 11.0 Å². The first-order valence-electron chi connectivity index (χ1n) is 9.15. The molecule has 0 saturated carbocycles. The second-order valence-corrected chi connectivity index (χ2v) is 10.3. The van der Waals surface area contributed by atoms with Gasteiger partial charge in [0.05, 0.1) is 10.1 Å². The fourth-order valence-corrected chi connectivity index (χ4v) is 4.42. The number of carbonyl (C=O) groups is 1. The van der Waals surface area contributed by atoms with Crippen molar-refractivity contribution in [1.29, 1.82) is 0 Å². The minimum Gasteiger partial charge on any atom is -0.325 e. The Balaban J connectivity index is 1.71. The van der Waals surface area contributed by atoms with Crippen molar-refractivity contribution in [2.75, 3.05) is 19.4 Å². The zero-order valence-corrected chi connectivity index (χ0v) is 18.7. The summed E-state index contributed by atoms with van der Waals surface area (Å²) in [5.74, 6) is 0.455. The Bertz CT molecular complexity index is 1140. The first-order chi connectivity index (χ1) is 14.2. The number of nitrogens with zero attached hydrogens (tertiary/aromatic N) is 4. The molecule has 1 aromatic heterocycles. The van der Waals surface area contributed by atoms with Gasteiger partial charge in [-0.25, -0.2) is 12.7 Å². The van der Waals surface area contributed by atoms with Crippen LogP contribution in [-0.4, -0.2) is 52.7 Å². The second-order valence-electron chi connectivity index (χ2n) is 6.80. The average molecular weight is 446 g/mol. The summed E-state index contributed by atoms with van der Waals surface area (Å²) in [7, 11) is 1.20. The monoisotopic (exact) mass is 445 g/mol. The molecule has 158 valence electrons. The van der Waals surface area contributed by atoms with Gasteiger partial charge in [0.25, 0.3) is 0 Å². The zero-order valence-electron chi connectivity index (χ0n) is 17.1. The summed E-state index contributed by atoms with van der Waals surface area (Å²) in [5.41, 5.74) is 1.36. The van der Waals surface area contributed by atoms with E-state index < -0.39 is 15.3 Å². The van der Waals surface area contributed by atoms with Gasteiger partial charge in [-0.1, -0.05) is 48.2 Å². The van der Waals surface area contributed by atoms with Gasteiger partial charge < -0.3 is 9.88 Å². The average Bonchev–Trinajstić information content (AvgIpc) is 3.08. The first-order valence-corrected chi connectivity index (χ1v) is 11.5. The van der Waals surface area contributed by atoms with Crippen molar-refractivity contribution < 1.29 is 13.2 Å². The van der Waals surface area contributed by atoms with Gasteiger partial charge in [-0.2, -0.15) is 0 Å². The Morgan fingerprint density at radius 3 is 2.47 bits per heavy atom. The minimum atomic E-state index is -3.58. The van der Waals surface area contributed by atoms with Crippen LogP contribution >= 0.6 is 11.8 Å². The van der Waals surface area contributed by atoms with Crippen LogP contribution in [0.25, 0.3) is 11.4 Å². The third kappa shape index (κ3) is 4.72. The highest BCUT2D eigenvalue weighted by Crippen LogP contribution is 2.26. The summed E-state index contributed by atoms with van der Waals surface area (Å²) in [6.07, 6.45) is 0. The van der Waals surface area contributed by atoms with E-state index >= 15 is 0 Å². The van der Waals surface area contributed by atoms with E-state index in [1.165, 1.54) is 38.0 Å². The SMILES string of the molecule is CC(Sc1nnc(-c2ccccc2)n1C)C(=O)Nc1cccc(S(=O)(=O)N(C)C)c1. The molecule has 1 unspecified atom stereocenters. The van der Waals surface area contributed by atoms with Gasteiger partial charge in [-0.05, 0) is 25.1 Å². The van der Waals surface area contributed by atoms with Gasteiger partial charge in [0, 0.05) is 32.4 Å². The van der Waals surface area contributed by atoms with Crippen LogP contribution in [0.2, 0.25) is 0 Å². The van der Waals surface area contributed by atoms with Crippen LogP contribution in [0.5, 0.6) is 0 Å². The summed E-state index contributed by atoms with van der Waals surface area (Å²) in [4.78, 5) is 12.8. The van der Waals surface area contributed by atoms with E-state index in [4.69, 9.17) is 0 Å². The molecule has 0 aliphatic heterocycles. The van der Waals surface area contributed by atoms with Crippen molar-refractivity contribution >= 4 is 33.4 Å². The maximum absolute atomic E-state index is 12.7. The number of aromatic nitrogens is 3. The summed E-state index contributed by atoms with van der Waals surface area (Å²) in [5, 5.41) is 11.3. The third-order valence-corrected chi connectivity index (χ3v) is 7.34. The maximum Gasteiger partial charge on any atom is 0.242 e. The van der Waals surface area contributed by atoms with E-state index in [-0.39, 0.29) is 10.8 Å². The predicted molar refractivity (Wildman–Crippen MR) is 118 cm³/mol. The van der Waals surface area contributed by atoms with Crippen LogP contribution in [0, 0.1) is 0 Å². The Morgan fingerprint density at radius 2 is 1.80 bits per heavy atom. The van der Waals surface area contributed by atoms with Gasteiger partial charge in [-0.3, -0.25) is 4.79 Å². The topological polar surface area (TPSA) is 97.2 Å². The quantitative estimate of drug-likeness (QED) is 0.562. The summed E-state index contributed by atoms with van der Waals surface area (Å²) < 4.78 is 27.6. The largest absolute Gasteiger partial charge is 0.325 e. The van der Waals surface area contributed by atoms with Gasteiger partial charge in [0.1, 0.15) is 0 Å². The molecule has 0 radical (unpaired) electrons. The van der Waals surface area contributed by atoms with Gasteiger partial charge in [-0.15, -0.1) is 10.2 Å². The third-order valence-electron chi connectivity index (χ3n) is 4.40. The maximum atomic E-state index is 12.7. The Labute approximate surface area is 180 Å². The highest BCUT2D eigenvalue weighted by atomic mass is 32.2. The van der Waals surface area contributed by atoms with Gasteiger partial charge in [0.2, 0.25) is 15.9 Å². The number of nitrogens with one attached hydrogen (secondary N) is 1. The standard InChI is InChI=1S/C20H23N5O3S2/c1-14(29-20-23-22-18(25(20)4)15-9-6-5-7-10-15)19(26)21-16-11-8-12-17(13-16)30(27,28)24(2)3/h5-14H,1-4H3,(H,21,26). The van der Waals surface area contributed by atoms with Crippen molar-refractivity contribution in [2.45, 2.75) is 22.2 Å². The van der Waals surface area contributed by atoms with E-state index in [2.05, 4.69) is 15.5 Å². The number of thioether (sulfide) groups is 1. The van der Waals surface area contributed by atoms with E-state index in [1.54, 1.807) is 19.1 Å². The molecule has 3 rings (SSSR count). The van der Waals surface area contributed by atoms with Crippen LogP contribution in [0.15, 0.2) is 64.6 Å². The van der Waals surface area contributed by atoms with E-state index in [9.17, 15) is 13.2 Å². The molecule has 1 atom stereocenters. The molecule has 30 heavy (non-hydrogen) atoms. The molecule has 10 heteroatoms. The van der Waals surface area contributed by atoms with E-state index in [0.29, 0.717) is 16.7 Å². The number of benzene rings is 2. The lowest BCUT2D eigenvalue weighted by Crippen LogP contribution is -2.24. The summed E-state index contributed by atoms with van der Waals surface area (Å²) >= 11 is 1.28. The number of carbonyl (C=O) groups excluding carboxylic acids is 1. The lowest BCUT2D eigenvalue weighted by molar-refractivity contribution is -0.115. The number of sulfonamides is 1. The molecular weight excluding hydrogens is 422 g/mol. The molecule has 1 heterocycles. The molecular formula is C20H23N5O3S2. The van der Waals surface area contributed by atoms with Crippen molar-refractivity contribution in [3.8, 4) is 11.4 Å². The van der Waals surface area contributed by atoms with Crippen molar-refractivity contribution in [1.82, 2.24) is 19.1 Å². The fraction of sp³-hybridized carbons (Fsp3) is 0.250. The molecule has 1 N–H and O–H groups in total. The van der Waals surface area contributed by atoms with Crippen LogP contribution in [0.3, 0.4) is 0 Å². The normalized spacial score (nSPS) is 12.7. The Kier molecular flexibility index (Phi) is 6.59. The molecule has 0 bridgehead atoms. The van der Waals surface area contributed by atoms with Crippen LogP contribution in [0.1, 0.15) is 6.92 Å². The molecule has 0 fully saturated rings. The van der Waals surface area contributed by atoms with Crippen LogP contribution in [0.4, 0.5) is 5.69 Å². The molecule has 0 aliphatic rings. The highest BCUT2D eigenvalue weighted by Gasteiger charge is 2.21. The lowest BCUT2D eigenvalue weighted by atomic mass is 10.2. The highest BCUT2D eigenvalue weighted by molar-refractivity contribution is 8.00. The smallest absolute Gasteiger partial charge is 0.242 e. The Hall–Kier alpha value is -2.69.